The highest BCUT2D eigenvalue weighted by Crippen LogP contribution is 2.28. The monoisotopic (exact) mass is 232 g/mol. The molecule has 1 rings (SSSR count). The standard InChI is InChI=1S/C11H22NO2S/c1-9(2)15(13,14)11(12)10-7-5-3-4-6-8-10/h9-12H,3-8H2,1-2H3. The van der Waals surface area contributed by atoms with Crippen molar-refractivity contribution in [3.05, 3.63) is 0 Å². The number of hydrogen-bond donors (Lipinski definition) is 0. The van der Waals surface area contributed by atoms with Gasteiger partial charge in [0, 0.05) is 0 Å². The van der Waals surface area contributed by atoms with Gasteiger partial charge in [0.05, 0.1) is 5.25 Å². The third kappa shape index (κ3) is 3.18. The first-order valence-electron chi connectivity index (χ1n) is 5.90. The van der Waals surface area contributed by atoms with Crippen LogP contribution in [0.2, 0.25) is 0 Å². The molecule has 0 aliphatic heterocycles. The lowest BCUT2D eigenvalue weighted by atomic mass is 10.0. The highest BCUT2D eigenvalue weighted by molar-refractivity contribution is 7.92. The Morgan fingerprint density at radius 3 is 1.93 bits per heavy atom. The van der Waals surface area contributed by atoms with Crippen molar-refractivity contribution in [2.45, 2.75) is 63.0 Å². The van der Waals surface area contributed by atoms with E-state index in [0.29, 0.717) is 0 Å². The van der Waals surface area contributed by atoms with Gasteiger partial charge in [0.2, 0.25) is 0 Å². The predicted octanol–water partition coefficient (Wildman–Crippen LogP) is 2.39. The van der Waals surface area contributed by atoms with Crippen LogP contribution >= 0.6 is 0 Å². The average Bonchev–Trinajstić information content (AvgIpc) is 2.44. The van der Waals surface area contributed by atoms with Crippen LogP contribution < -0.4 is 5.73 Å². The van der Waals surface area contributed by atoms with Gasteiger partial charge in [-0.25, -0.2) is 14.2 Å². The Balaban J connectivity index is 2.69. The Bertz CT molecular complexity index is 277. The van der Waals surface area contributed by atoms with Crippen molar-refractivity contribution in [2.24, 2.45) is 5.92 Å². The van der Waals surface area contributed by atoms with Crippen LogP contribution in [0.3, 0.4) is 0 Å². The van der Waals surface area contributed by atoms with E-state index in [1.54, 1.807) is 13.8 Å². The fraction of sp³-hybridized carbons (Fsp3) is 1.00. The molecular formula is C11H22NO2S. The summed E-state index contributed by atoms with van der Waals surface area (Å²) in [4.78, 5) is 0. The maximum absolute atomic E-state index is 11.9. The van der Waals surface area contributed by atoms with Gasteiger partial charge in [-0.1, -0.05) is 25.7 Å². The molecule has 15 heavy (non-hydrogen) atoms. The second kappa shape index (κ2) is 5.30. The summed E-state index contributed by atoms with van der Waals surface area (Å²) in [6.07, 6.45) is 6.41. The van der Waals surface area contributed by atoms with Gasteiger partial charge in [0.1, 0.15) is 5.37 Å². The Labute approximate surface area is 93.3 Å². The van der Waals surface area contributed by atoms with Crippen LogP contribution in [0.25, 0.3) is 0 Å². The molecule has 0 saturated heterocycles. The van der Waals surface area contributed by atoms with Crippen molar-refractivity contribution in [3.63, 3.8) is 0 Å². The third-order valence-electron chi connectivity index (χ3n) is 3.34. The first-order chi connectivity index (χ1) is 6.96. The number of hydrogen-bond acceptors (Lipinski definition) is 2. The van der Waals surface area contributed by atoms with Crippen molar-refractivity contribution < 1.29 is 8.42 Å². The number of sulfone groups is 1. The fourth-order valence-electron chi connectivity index (χ4n) is 2.18. The van der Waals surface area contributed by atoms with Gasteiger partial charge in [0.25, 0.3) is 0 Å². The molecular weight excluding hydrogens is 210 g/mol. The minimum absolute atomic E-state index is 0.0694. The van der Waals surface area contributed by atoms with Gasteiger partial charge >= 0.3 is 0 Å². The van der Waals surface area contributed by atoms with E-state index >= 15 is 0 Å². The molecule has 0 bridgehead atoms. The third-order valence-corrected chi connectivity index (χ3v) is 5.75. The molecule has 0 aromatic rings. The summed E-state index contributed by atoms with van der Waals surface area (Å²) in [6, 6.07) is 0. The largest absolute Gasteiger partial charge is 0.238 e. The SMILES string of the molecule is CC(C)S(=O)(=O)C([NH])C1CCCCCC1. The normalized spacial score (nSPS) is 22.7. The summed E-state index contributed by atoms with van der Waals surface area (Å²) in [5, 5.41) is -1.31. The minimum Gasteiger partial charge on any atom is -0.238 e. The van der Waals surface area contributed by atoms with Crippen molar-refractivity contribution in [3.8, 4) is 0 Å². The van der Waals surface area contributed by atoms with Crippen molar-refractivity contribution in [1.29, 1.82) is 0 Å². The maximum atomic E-state index is 11.9. The molecule has 0 spiro atoms. The van der Waals surface area contributed by atoms with E-state index in [9.17, 15) is 8.42 Å². The average molecular weight is 232 g/mol. The Kier molecular flexibility index (Phi) is 4.59. The summed E-state index contributed by atoms with van der Waals surface area (Å²) < 4.78 is 23.7. The second-order valence-electron chi connectivity index (χ2n) is 4.81. The molecule has 3 nitrogen and oxygen atoms in total. The lowest BCUT2D eigenvalue weighted by molar-refractivity contribution is 0.420. The van der Waals surface area contributed by atoms with Crippen LogP contribution in [-0.4, -0.2) is 19.0 Å². The molecule has 89 valence electrons. The topological polar surface area (TPSA) is 57.9 Å². The molecule has 1 saturated carbocycles. The molecule has 1 aliphatic carbocycles. The predicted molar refractivity (Wildman–Crippen MR) is 62.1 cm³/mol. The summed E-state index contributed by atoms with van der Waals surface area (Å²) in [6.45, 7) is 3.35. The van der Waals surface area contributed by atoms with E-state index in [0.717, 1.165) is 25.7 Å². The van der Waals surface area contributed by atoms with Gasteiger partial charge < -0.3 is 0 Å². The van der Waals surface area contributed by atoms with E-state index in [4.69, 9.17) is 5.73 Å². The van der Waals surface area contributed by atoms with E-state index in [1.807, 2.05) is 0 Å². The summed E-state index contributed by atoms with van der Waals surface area (Å²) in [5.74, 6) is 0.0694. The summed E-state index contributed by atoms with van der Waals surface area (Å²) in [5.41, 5.74) is 7.91. The minimum atomic E-state index is -3.23. The lowest BCUT2D eigenvalue weighted by Crippen LogP contribution is -2.35. The van der Waals surface area contributed by atoms with Crippen molar-refractivity contribution in [1.82, 2.24) is 5.73 Å². The van der Waals surface area contributed by atoms with Crippen LogP contribution in [0.4, 0.5) is 0 Å². The zero-order valence-corrected chi connectivity index (χ0v) is 10.5. The highest BCUT2D eigenvalue weighted by Gasteiger charge is 2.32. The molecule has 0 aromatic heterocycles. The molecule has 0 aromatic carbocycles. The molecule has 1 N–H and O–H groups in total. The van der Waals surface area contributed by atoms with Crippen LogP contribution in [0.15, 0.2) is 0 Å². The lowest BCUT2D eigenvalue weighted by Gasteiger charge is -2.23. The van der Waals surface area contributed by atoms with Crippen LogP contribution in [0, 0.1) is 5.92 Å². The molecule has 1 fully saturated rings. The molecule has 4 heteroatoms. The molecule has 1 aliphatic rings. The van der Waals surface area contributed by atoms with Crippen LogP contribution in [0.5, 0.6) is 0 Å². The van der Waals surface area contributed by atoms with Crippen LogP contribution in [-0.2, 0) is 9.84 Å². The van der Waals surface area contributed by atoms with Gasteiger partial charge in [-0.05, 0) is 32.6 Å². The summed E-state index contributed by atoms with van der Waals surface area (Å²) in [7, 11) is -3.23. The Hall–Kier alpha value is -0.0900. The van der Waals surface area contributed by atoms with E-state index in [-0.39, 0.29) is 5.92 Å². The van der Waals surface area contributed by atoms with E-state index in [1.165, 1.54) is 12.8 Å². The van der Waals surface area contributed by atoms with Crippen LogP contribution in [0.1, 0.15) is 52.4 Å². The fourth-order valence-corrected chi connectivity index (χ4v) is 3.57. The summed E-state index contributed by atoms with van der Waals surface area (Å²) >= 11 is 0. The maximum Gasteiger partial charge on any atom is 0.169 e. The Morgan fingerprint density at radius 2 is 1.53 bits per heavy atom. The molecule has 0 amide bonds. The Morgan fingerprint density at radius 1 is 1.07 bits per heavy atom. The quantitative estimate of drug-likeness (QED) is 0.701. The first-order valence-corrected chi connectivity index (χ1v) is 7.51. The highest BCUT2D eigenvalue weighted by atomic mass is 32.2. The zero-order valence-electron chi connectivity index (χ0n) is 9.70. The number of rotatable bonds is 3. The second-order valence-corrected chi connectivity index (χ2v) is 7.44. The van der Waals surface area contributed by atoms with E-state index in [2.05, 4.69) is 0 Å². The smallest absolute Gasteiger partial charge is 0.169 e. The molecule has 0 heterocycles. The first kappa shape index (κ1) is 13.0. The molecule has 1 atom stereocenters. The van der Waals surface area contributed by atoms with E-state index < -0.39 is 20.5 Å². The molecule has 1 radical (unpaired) electrons. The van der Waals surface area contributed by atoms with Gasteiger partial charge in [-0.15, -0.1) is 0 Å². The van der Waals surface area contributed by atoms with Crippen molar-refractivity contribution >= 4 is 9.84 Å². The van der Waals surface area contributed by atoms with Gasteiger partial charge in [-0.3, -0.25) is 0 Å². The zero-order chi connectivity index (χ0) is 11.5. The van der Waals surface area contributed by atoms with Gasteiger partial charge in [-0.2, -0.15) is 0 Å². The van der Waals surface area contributed by atoms with Gasteiger partial charge in [0.15, 0.2) is 9.84 Å². The van der Waals surface area contributed by atoms with Crippen molar-refractivity contribution in [2.75, 3.05) is 0 Å². The number of nitrogens with one attached hydrogen (secondary N) is 1. The molecule has 1 unspecified atom stereocenters.